The van der Waals surface area contributed by atoms with Crippen molar-refractivity contribution in [2.75, 3.05) is 18.1 Å². The number of anilines is 1. The van der Waals surface area contributed by atoms with Crippen molar-refractivity contribution in [1.82, 2.24) is 0 Å². The van der Waals surface area contributed by atoms with Crippen LogP contribution >= 0.6 is 0 Å². The van der Waals surface area contributed by atoms with Crippen LogP contribution in [-0.4, -0.2) is 19.1 Å². The first kappa shape index (κ1) is 21.8. The zero-order chi connectivity index (χ0) is 23.7. The summed E-state index contributed by atoms with van der Waals surface area (Å²) in [7, 11) is 0. The second-order valence-corrected chi connectivity index (χ2v) is 8.09. The number of carbonyl (C=O) groups is 1. The van der Waals surface area contributed by atoms with Crippen molar-refractivity contribution in [1.29, 1.82) is 0 Å². The van der Waals surface area contributed by atoms with Crippen LogP contribution in [-0.2, 0) is 0 Å². The molecular formula is C28H25NO5. The maximum atomic E-state index is 13.6. The van der Waals surface area contributed by atoms with Crippen LogP contribution in [0.2, 0.25) is 0 Å². The number of carbonyl (C=O) groups excluding carboxylic acids is 1. The summed E-state index contributed by atoms with van der Waals surface area (Å²) in [6, 6.07) is 21.2. The summed E-state index contributed by atoms with van der Waals surface area (Å²) >= 11 is 0. The van der Waals surface area contributed by atoms with Crippen molar-refractivity contribution in [2.24, 2.45) is 0 Å². The second kappa shape index (κ2) is 9.06. The van der Waals surface area contributed by atoms with E-state index in [2.05, 4.69) is 0 Å². The number of para-hydroxylation sites is 1. The Bertz CT molecular complexity index is 1390. The average Bonchev–Trinajstić information content (AvgIpc) is 3.16. The topological polar surface area (TPSA) is 69.0 Å². The van der Waals surface area contributed by atoms with Crippen molar-refractivity contribution in [3.8, 4) is 11.5 Å². The van der Waals surface area contributed by atoms with Crippen molar-refractivity contribution < 1.29 is 18.7 Å². The van der Waals surface area contributed by atoms with E-state index in [9.17, 15) is 9.59 Å². The standard InChI is InChI=1S/C28H25NO5/c1-3-17-33-21-13-9-18(10-14-21)25-24-26(30)22-7-5-6-8-23(22)34-27(24)28(31)29(25)19-11-15-20(16-12-19)32-4-2/h5-16,25H,3-4,17H2,1-2H3. The highest BCUT2D eigenvalue weighted by atomic mass is 16.5. The van der Waals surface area contributed by atoms with E-state index in [1.807, 2.05) is 62.4 Å². The van der Waals surface area contributed by atoms with Gasteiger partial charge in [-0.25, -0.2) is 0 Å². The predicted molar refractivity (Wildman–Crippen MR) is 131 cm³/mol. The van der Waals surface area contributed by atoms with Crippen molar-refractivity contribution in [2.45, 2.75) is 26.3 Å². The van der Waals surface area contributed by atoms with Crippen LogP contribution in [0.1, 0.15) is 48.0 Å². The van der Waals surface area contributed by atoms with Gasteiger partial charge in [0.05, 0.1) is 30.2 Å². The molecule has 4 aromatic rings. The van der Waals surface area contributed by atoms with Gasteiger partial charge in [0.2, 0.25) is 5.76 Å². The van der Waals surface area contributed by atoms with E-state index in [-0.39, 0.29) is 17.1 Å². The van der Waals surface area contributed by atoms with E-state index < -0.39 is 6.04 Å². The molecule has 1 aromatic heterocycles. The van der Waals surface area contributed by atoms with E-state index in [0.29, 0.717) is 41.2 Å². The molecule has 0 saturated heterocycles. The summed E-state index contributed by atoms with van der Waals surface area (Å²) in [5.74, 6) is 1.19. The molecule has 0 bridgehead atoms. The van der Waals surface area contributed by atoms with Crippen LogP contribution in [0.15, 0.2) is 82.0 Å². The van der Waals surface area contributed by atoms with Gasteiger partial charge in [-0.1, -0.05) is 31.2 Å². The summed E-state index contributed by atoms with van der Waals surface area (Å²) < 4.78 is 17.3. The molecule has 5 rings (SSSR count). The normalized spacial score (nSPS) is 14.9. The van der Waals surface area contributed by atoms with E-state index in [1.165, 1.54) is 0 Å². The van der Waals surface area contributed by atoms with Crippen molar-refractivity contribution >= 4 is 22.6 Å². The van der Waals surface area contributed by atoms with E-state index in [0.717, 1.165) is 17.7 Å². The third kappa shape index (κ3) is 3.71. The number of hydrogen-bond donors (Lipinski definition) is 0. The molecule has 0 spiro atoms. The molecule has 34 heavy (non-hydrogen) atoms. The van der Waals surface area contributed by atoms with Gasteiger partial charge in [0, 0.05) is 5.69 Å². The fraction of sp³-hybridized carbons (Fsp3) is 0.214. The zero-order valence-electron chi connectivity index (χ0n) is 19.1. The number of hydrogen-bond acceptors (Lipinski definition) is 5. The molecule has 1 aliphatic heterocycles. The van der Waals surface area contributed by atoms with Crippen LogP contribution in [0, 0.1) is 0 Å². The van der Waals surface area contributed by atoms with Gasteiger partial charge in [-0.05, 0) is 67.4 Å². The highest BCUT2D eigenvalue weighted by Crippen LogP contribution is 2.41. The Hall–Kier alpha value is -4.06. The van der Waals surface area contributed by atoms with Crippen LogP contribution in [0.4, 0.5) is 5.69 Å². The number of amides is 1. The highest BCUT2D eigenvalue weighted by molar-refractivity contribution is 6.10. The third-order valence-corrected chi connectivity index (χ3v) is 5.87. The van der Waals surface area contributed by atoms with Crippen molar-refractivity contribution in [3.63, 3.8) is 0 Å². The number of benzene rings is 3. The Morgan fingerprint density at radius 3 is 2.24 bits per heavy atom. The Labute approximate surface area is 197 Å². The van der Waals surface area contributed by atoms with Gasteiger partial charge in [-0.2, -0.15) is 0 Å². The van der Waals surface area contributed by atoms with E-state index >= 15 is 0 Å². The Morgan fingerprint density at radius 1 is 0.853 bits per heavy atom. The maximum absolute atomic E-state index is 13.6. The molecule has 2 heterocycles. The first-order chi connectivity index (χ1) is 16.6. The van der Waals surface area contributed by atoms with E-state index in [4.69, 9.17) is 13.9 Å². The van der Waals surface area contributed by atoms with E-state index in [1.54, 1.807) is 29.2 Å². The highest BCUT2D eigenvalue weighted by Gasteiger charge is 2.43. The number of nitrogens with zero attached hydrogens (tertiary/aromatic N) is 1. The molecule has 0 N–H and O–H groups in total. The molecule has 0 fully saturated rings. The molecule has 0 aliphatic carbocycles. The Kier molecular flexibility index (Phi) is 5.80. The molecule has 6 nitrogen and oxygen atoms in total. The summed E-state index contributed by atoms with van der Waals surface area (Å²) in [5, 5.41) is 0.454. The predicted octanol–water partition coefficient (Wildman–Crippen LogP) is 5.73. The first-order valence-corrected chi connectivity index (χ1v) is 11.5. The van der Waals surface area contributed by atoms with Gasteiger partial charge >= 0.3 is 0 Å². The minimum absolute atomic E-state index is 0.0777. The third-order valence-electron chi connectivity index (χ3n) is 5.87. The molecule has 1 atom stereocenters. The molecule has 0 radical (unpaired) electrons. The molecule has 3 aromatic carbocycles. The molecule has 1 amide bonds. The minimum atomic E-state index is -0.624. The largest absolute Gasteiger partial charge is 0.494 e. The number of rotatable bonds is 7. The zero-order valence-corrected chi connectivity index (χ0v) is 19.1. The lowest BCUT2D eigenvalue weighted by atomic mass is 9.98. The van der Waals surface area contributed by atoms with Crippen LogP contribution in [0.3, 0.4) is 0 Å². The number of fused-ring (bicyclic) bond motifs is 2. The van der Waals surface area contributed by atoms with Crippen molar-refractivity contribution in [3.05, 3.63) is 99.9 Å². The molecule has 6 heteroatoms. The molecular weight excluding hydrogens is 430 g/mol. The van der Waals surface area contributed by atoms with Gasteiger partial charge < -0.3 is 13.9 Å². The quantitative estimate of drug-likeness (QED) is 0.356. The Balaban J connectivity index is 1.66. The summed E-state index contributed by atoms with van der Waals surface area (Å²) in [5.41, 5.74) is 2.00. The Morgan fingerprint density at radius 2 is 1.53 bits per heavy atom. The van der Waals surface area contributed by atoms with Gasteiger partial charge in [0.1, 0.15) is 17.1 Å². The van der Waals surface area contributed by atoms with Gasteiger partial charge in [-0.15, -0.1) is 0 Å². The lowest BCUT2D eigenvalue weighted by molar-refractivity contribution is 0.0971. The average molecular weight is 456 g/mol. The summed E-state index contributed by atoms with van der Waals surface area (Å²) in [6.45, 7) is 5.14. The monoisotopic (exact) mass is 455 g/mol. The summed E-state index contributed by atoms with van der Waals surface area (Å²) in [4.78, 5) is 28.8. The number of ether oxygens (including phenoxy) is 2. The lowest BCUT2D eigenvalue weighted by Crippen LogP contribution is -2.29. The SMILES string of the molecule is CCCOc1ccc(C2c3c(oc4ccccc4c3=O)C(=O)N2c2ccc(OCC)cc2)cc1. The first-order valence-electron chi connectivity index (χ1n) is 11.5. The molecule has 0 saturated carbocycles. The van der Waals surface area contributed by atoms with Gasteiger partial charge in [0.15, 0.2) is 5.43 Å². The molecule has 1 unspecified atom stereocenters. The maximum Gasteiger partial charge on any atom is 0.295 e. The molecule has 1 aliphatic rings. The fourth-order valence-corrected chi connectivity index (χ4v) is 4.34. The van der Waals surface area contributed by atoms with Crippen LogP contribution in [0.25, 0.3) is 11.0 Å². The second-order valence-electron chi connectivity index (χ2n) is 8.09. The smallest absolute Gasteiger partial charge is 0.295 e. The minimum Gasteiger partial charge on any atom is -0.494 e. The van der Waals surface area contributed by atoms with Crippen LogP contribution in [0.5, 0.6) is 11.5 Å². The van der Waals surface area contributed by atoms with Gasteiger partial charge in [0.25, 0.3) is 5.91 Å². The van der Waals surface area contributed by atoms with Gasteiger partial charge in [-0.3, -0.25) is 14.5 Å². The summed E-state index contributed by atoms with van der Waals surface area (Å²) in [6.07, 6.45) is 0.909. The van der Waals surface area contributed by atoms with Crippen LogP contribution < -0.4 is 19.8 Å². The fourth-order valence-electron chi connectivity index (χ4n) is 4.34. The molecule has 172 valence electrons. The lowest BCUT2D eigenvalue weighted by Gasteiger charge is -2.25.